The van der Waals surface area contributed by atoms with Crippen molar-refractivity contribution in [3.8, 4) is 17.2 Å². The molecule has 0 saturated carbocycles. The van der Waals surface area contributed by atoms with Crippen LogP contribution in [0.15, 0.2) is 27.4 Å². The molecule has 0 spiro atoms. The third-order valence-corrected chi connectivity index (χ3v) is 4.61. The van der Waals surface area contributed by atoms with Crippen molar-refractivity contribution < 1.29 is 18.6 Å². The first-order valence-electron chi connectivity index (χ1n) is 10.5. The van der Waals surface area contributed by atoms with E-state index in [1.807, 2.05) is 26.0 Å². The van der Waals surface area contributed by atoms with Gasteiger partial charge in [0.1, 0.15) is 11.3 Å². The van der Waals surface area contributed by atoms with Crippen molar-refractivity contribution in [3.05, 3.63) is 28.6 Å². The maximum atomic E-state index is 12.4. The van der Waals surface area contributed by atoms with Gasteiger partial charge in [0.25, 0.3) is 0 Å². The summed E-state index contributed by atoms with van der Waals surface area (Å²) in [6, 6.07) is 5.38. The zero-order valence-corrected chi connectivity index (χ0v) is 17.7. The van der Waals surface area contributed by atoms with Crippen LogP contribution in [0.4, 0.5) is 0 Å². The maximum Gasteiger partial charge on any atom is 0.383 e. The Kier molecular flexibility index (Phi) is 9.18. The Morgan fingerprint density at radius 2 is 1.64 bits per heavy atom. The van der Waals surface area contributed by atoms with Crippen LogP contribution in [0.5, 0.6) is 17.2 Å². The number of ether oxygens (including phenoxy) is 3. The predicted molar refractivity (Wildman–Crippen MR) is 113 cm³/mol. The molecular weight excluding hydrogens is 356 g/mol. The lowest BCUT2D eigenvalue weighted by Gasteiger charge is -2.13. The van der Waals surface area contributed by atoms with Gasteiger partial charge in [0.15, 0.2) is 5.75 Å². The summed E-state index contributed by atoms with van der Waals surface area (Å²) in [7, 11) is 1.54. The zero-order valence-electron chi connectivity index (χ0n) is 17.7. The molecule has 0 fully saturated rings. The minimum Gasteiger partial charge on any atom is -0.492 e. The summed E-state index contributed by atoms with van der Waals surface area (Å²) >= 11 is 0. The first kappa shape index (κ1) is 22.1. The summed E-state index contributed by atoms with van der Waals surface area (Å²) in [4.78, 5) is 12.4. The Bertz CT molecular complexity index is 778. The number of hydrogen-bond acceptors (Lipinski definition) is 5. The molecule has 0 aliphatic rings. The van der Waals surface area contributed by atoms with Crippen LogP contribution in [-0.4, -0.2) is 19.8 Å². The largest absolute Gasteiger partial charge is 0.492 e. The topological polar surface area (TPSA) is 57.9 Å². The molecule has 1 heterocycles. The number of benzene rings is 1. The van der Waals surface area contributed by atoms with Crippen LogP contribution >= 0.6 is 0 Å². The summed E-state index contributed by atoms with van der Waals surface area (Å²) in [6.07, 6.45) is 9.75. The number of unbranched alkanes of at least 4 members (excludes halogenated alkanes) is 7. The summed E-state index contributed by atoms with van der Waals surface area (Å²) in [5.74, 6) is 1.22. The van der Waals surface area contributed by atoms with Crippen molar-refractivity contribution in [3.63, 3.8) is 0 Å². The molecule has 0 aliphatic carbocycles. The highest BCUT2D eigenvalue weighted by Gasteiger charge is 2.17. The SMILES string of the molecule is CCCCCCCCCCOc1c(OC)c2ccc(OC(C)C)cc2oc1=O. The van der Waals surface area contributed by atoms with Crippen molar-refractivity contribution in [2.45, 2.75) is 78.2 Å². The van der Waals surface area contributed by atoms with Crippen LogP contribution in [0.25, 0.3) is 11.0 Å². The first-order valence-corrected chi connectivity index (χ1v) is 10.5. The van der Waals surface area contributed by atoms with Gasteiger partial charge in [0.05, 0.1) is 25.2 Å². The second-order valence-corrected chi connectivity index (χ2v) is 7.40. The van der Waals surface area contributed by atoms with Crippen LogP contribution in [0.1, 0.15) is 72.1 Å². The quantitative estimate of drug-likeness (QED) is 0.305. The number of fused-ring (bicyclic) bond motifs is 1. The third kappa shape index (κ3) is 6.47. The van der Waals surface area contributed by atoms with Gasteiger partial charge in [0.2, 0.25) is 5.75 Å². The normalized spacial score (nSPS) is 11.2. The van der Waals surface area contributed by atoms with Crippen molar-refractivity contribution >= 4 is 11.0 Å². The highest BCUT2D eigenvalue weighted by atomic mass is 16.5. The molecule has 2 aromatic rings. The number of rotatable bonds is 13. The van der Waals surface area contributed by atoms with Crippen molar-refractivity contribution in [1.82, 2.24) is 0 Å². The summed E-state index contributed by atoms with van der Waals surface area (Å²) in [5, 5.41) is 0.698. The molecule has 5 heteroatoms. The monoisotopic (exact) mass is 390 g/mol. The molecule has 0 N–H and O–H groups in total. The fourth-order valence-corrected chi connectivity index (χ4v) is 3.22. The van der Waals surface area contributed by atoms with Gasteiger partial charge < -0.3 is 18.6 Å². The van der Waals surface area contributed by atoms with E-state index in [4.69, 9.17) is 18.6 Å². The average Bonchev–Trinajstić information content (AvgIpc) is 2.66. The molecular formula is C23H34O5. The number of methoxy groups -OCH3 is 1. The van der Waals surface area contributed by atoms with Crippen LogP contribution in [0.2, 0.25) is 0 Å². The Balaban J connectivity index is 1.96. The summed E-state index contributed by atoms with van der Waals surface area (Å²) < 4.78 is 22.3. The lowest BCUT2D eigenvalue weighted by molar-refractivity contribution is 0.242. The molecule has 0 aliphatic heterocycles. The molecule has 0 radical (unpaired) electrons. The van der Waals surface area contributed by atoms with Crippen LogP contribution in [-0.2, 0) is 0 Å². The van der Waals surface area contributed by atoms with E-state index in [1.54, 1.807) is 6.07 Å². The van der Waals surface area contributed by atoms with Crippen molar-refractivity contribution in [2.75, 3.05) is 13.7 Å². The van der Waals surface area contributed by atoms with Crippen molar-refractivity contribution in [2.24, 2.45) is 0 Å². The molecule has 0 bridgehead atoms. The fraction of sp³-hybridized carbons (Fsp3) is 0.609. The average molecular weight is 391 g/mol. The minimum atomic E-state index is -0.523. The van der Waals surface area contributed by atoms with Gasteiger partial charge in [-0.3, -0.25) is 0 Å². The molecule has 0 amide bonds. The van der Waals surface area contributed by atoms with Gasteiger partial charge in [0, 0.05) is 6.07 Å². The van der Waals surface area contributed by atoms with Gasteiger partial charge >= 0.3 is 5.63 Å². The second-order valence-electron chi connectivity index (χ2n) is 7.40. The second kappa shape index (κ2) is 11.6. The fourth-order valence-electron chi connectivity index (χ4n) is 3.22. The van der Waals surface area contributed by atoms with E-state index in [0.717, 1.165) is 12.8 Å². The first-order chi connectivity index (χ1) is 13.6. The highest BCUT2D eigenvalue weighted by molar-refractivity contribution is 5.86. The molecule has 5 nitrogen and oxygen atoms in total. The van der Waals surface area contributed by atoms with Gasteiger partial charge in [-0.2, -0.15) is 0 Å². The van der Waals surface area contributed by atoms with Crippen LogP contribution in [0, 0.1) is 0 Å². The molecule has 2 rings (SSSR count). The Hall–Kier alpha value is -2.17. The Morgan fingerprint density at radius 3 is 2.29 bits per heavy atom. The standard InChI is InChI=1S/C23H34O5/c1-5-6-7-8-9-10-11-12-15-26-22-21(25-4)19-14-13-18(27-17(2)3)16-20(19)28-23(22)24/h13-14,16-17H,5-12,15H2,1-4H3. The lowest BCUT2D eigenvalue weighted by atomic mass is 10.1. The van der Waals surface area contributed by atoms with Gasteiger partial charge in [-0.25, -0.2) is 4.79 Å². The van der Waals surface area contributed by atoms with Crippen LogP contribution in [0.3, 0.4) is 0 Å². The summed E-state index contributed by atoms with van der Waals surface area (Å²) in [6.45, 7) is 6.61. The zero-order chi connectivity index (χ0) is 20.4. The molecule has 0 unspecified atom stereocenters. The minimum absolute atomic E-state index is 0.0420. The Morgan fingerprint density at radius 1 is 0.964 bits per heavy atom. The molecule has 28 heavy (non-hydrogen) atoms. The van der Waals surface area contributed by atoms with E-state index >= 15 is 0 Å². The molecule has 0 saturated heterocycles. The van der Waals surface area contributed by atoms with Crippen LogP contribution < -0.4 is 19.8 Å². The summed E-state index contributed by atoms with van der Waals surface area (Å²) in [5.41, 5.74) is -0.0926. The van der Waals surface area contributed by atoms with Crippen molar-refractivity contribution in [1.29, 1.82) is 0 Å². The maximum absolute atomic E-state index is 12.4. The van der Waals surface area contributed by atoms with E-state index in [2.05, 4.69) is 6.92 Å². The van der Waals surface area contributed by atoms with Gasteiger partial charge in [-0.05, 0) is 32.4 Å². The van der Waals surface area contributed by atoms with Gasteiger partial charge in [-0.1, -0.05) is 51.9 Å². The van der Waals surface area contributed by atoms with E-state index < -0.39 is 5.63 Å². The third-order valence-electron chi connectivity index (χ3n) is 4.61. The highest BCUT2D eigenvalue weighted by Crippen LogP contribution is 2.34. The van der Waals surface area contributed by atoms with Gasteiger partial charge in [-0.15, -0.1) is 0 Å². The van der Waals surface area contributed by atoms with E-state index in [-0.39, 0.29) is 11.9 Å². The Labute approximate surface area is 168 Å². The molecule has 1 aromatic carbocycles. The van der Waals surface area contributed by atoms with E-state index in [0.29, 0.717) is 29.1 Å². The lowest BCUT2D eigenvalue weighted by Crippen LogP contribution is -2.10. The molecule has 0 atom stereocenters. The molecule has 1 aromatic heterocycles. The number of hydrogen-bond donors (Lipinski definition) is 0. The van der Waals surface area contributed by atoms with E-state index in [1.165, 1.54) is 45.6 Å². The molecule has 156 valence electrons. The predicted octanol–water partition coefficient (Wildman–Crippen LogP) is 6.11. The van der Waals surface area contributed by atoms with E-state index in [9.17, 15) is 4.79 Å². The smallest absolute Gasteiger partial charge is 0.383 e.